The van der Waals surface area contributed by atoms with Gasteiger partial charge < -0.3 is 10.6 Å². The van der Waals surface area contributed by atoms with E-state index in [1.165, 1.54) is 7.05 Å². The van der Waals surface area contributed by atoms with E-state index in [4.69, 9.17) is 0 Å². The Kier molecular flexibility index (Phi) is 6.31. The number of hydrogen-bond acceptors (Lipinski definition) is 2. The number of rotatable bonds is 6. The zero-order valence-corrected chi connectivity index (χ0v) is 8.95. The Morgan fingerprint density at radius 3 is 2.40 bits per heavy atom. The molecule has 2 N–H and O–H groups in total. The van der Waals surface area contributed by atoms with Crippen molar-refractivity contribution in [1.29, 1.82) is 0 Å². The third-order valence-electron chi connectivity index (χ3n) is 1.98. The van der Waals surface area contributed by atoms with E-state index in [2.05, 4.69) is 10.6 Å². The molecule has 0 heterocycles. The van der Waals surface area contributed by atoms with Crippen molar-refractivity contribution in [2.75, 3.05) is 13.6 Å². The summed E-state index contributed by atoms with van der Waals surface area (Å²) in [5.74, 6) is -0.161. The van der Waals surface area contributed by atoms with Crippen LogP contribution < -0.4 is 10.6 Å². The van der Waals surface area contributed by atoms with E-state index in [1.54, 1.807) is 6.92 Å². The molecule has 0 radical (unpaired) electrons. The van der Waals surface area contributed by atoms with Gasteiger partial charge in [0.1, 0.15) is 0 Å². The SMILES string of the molecule is CNC(=O)C(C)NCCCCC(F)(F)F. The van der Waals surface area contributed by atoms with Gasteiger partial charge in [0, 0.05) is 13.5 Å². The monoisotopic (exact) mass is 226 g/mol. The molecule has 0 saturated heterocycles. The van der Waals surface area contributed by atoms with Crippen molar-refractivity contribution in [2.24, 2.45) is 0 Å². The number of likely N-dealkylation sites (N-methyl/N-ethyl adjacent to an activating group) is 1. The molecule has 1 atom stereocenters. The van der Waals surface area contributed by atoms with E-state index in [0.29, 0.717) is 13.0 Å². The molecule has 0 aliphatic heterocycles. The fraction of sp³-hybridized carbons (Fsp3) is 0.889. The van der Waals surface area contributed by atoms with Gasteiger partial charge in [0.2, 0.25) is 5.91 Å². The normalized spacial score (nSPS) is 13.7. The maximum atomic E-state index is 11.7. The van der Waals surface area contributed by atoms with Gasteiger partial charge in [0.15, 0.2) is 0 Å². The van der Waals surface area contributed by atoms with Crippen LogP contribution in [-0.4, -0.2) is 31.7 Å². The van der Waals surface area contributed by atoms with Crippen molar-refractivity contribution >= 4 is 5.91 Å². The van der Waals surface area contributed by atoms with Gasteiger partial charge >= 0.3 is 6.18 Å². The van der Waals surface area contributed by atoms with Gasteiger partial charge in [-0.05, 0) is 26.3 Å². The van der Waals surface area contributed by atoms with E-state index in [9.17, 15) is 18.0 Å². The first-order chi connectivity index (χ1) is 6.87. The Hall–Kier alpha value is -0.780. The Morgan fingerprint density at radius 1 is 1.33 bits per heavy atom. The summed E-state index contributed by atoms with van der Waals surface area (Å²) >= 11 is 0. The first-order valence-electron chi connectivity index (χ1n) is 4.88. The summed E-state index contributed by atoms with van der Waals surface area (Å²) in [4.78, 5) is 11.0. The Balaban J connectivity index is 3.43. The summed E-state index contributed by atoms with van der Waals surface area (Å²) in [7, 11) is 1.52. The number of nitrogens with one attached hydrogen (secondary N) is 2. The van der Waals surface area contributed by atoms with E-state index < -0.39 is 12.6 Å². The van der Waals surface area contributed by atoms with Crippen LogP contribution >= 0.6 is 0 Å². The first kappa shape index (κ1) is 14.2. The fourth-order valence-electron chi connectivity index (χ4n) is 1.08. The van der Waals surface area contributed by atoms with Crippen LogP contribution in [0.3, 0.4) is 0 Å². The highest BCUT2D eigenvalue weighted by Gasteiger charge is 2.25. The molecular weight excluding hydrogens is 209 g/mol. The molecule has 3 nitrogen and oxygen atoms in total. The minimum absolute atomic E-state index is 0.0942. The highest BCUT2D eigenvalue weighted by molar-refractivity contribution is 5.80. The van der Waals surface area contributed by atoms with Crippen LogP contribution in [0.5, 0.6) is 0 Å². The van der Waals surface area contributed by atoms with Crippen LogP contribution in [0.4, 0.5) is 13.2 Å². The van der Waals surface area contributed by atoms with Gasteiger partial charge in [-0.1, -0.05) is 0 Å². The van der Waals surface area contributed by atoms with Crippen molar-refractivity contribution in [3.8, 4) is 0 Å². The molecule has 1 unspecified atom stereocenters. The van der Waals surface area contributed by atoms with Crippen LogP contribution in [-0.2, 0) is 4.79 Å². The summed E-state index contributed by atoms with van der Waals surface area (Å²) in [6, 6.07) is -0.360. The van der Waals surface area contributed by atoms with Gasteiger partial charge in [-0.2, -0.15) is 13.2 Å². The second-order valence-corrected chi connectivity index (χ2v) is 3.36. The summed E-state index contributed by atoms with van der Waals surface area (Å²) in [5.41, 5.74) is 0. The molecule has 1 amide bonds. The standard InChI is InChI=1S/C9H17F3N2O/c1-7(8(15)13-2)14-6-4-3-5-9(10,11)12/h7,14H,3-6H2,1-2H3,(H,13,15). The van der Waals surface area contributed by atoms with Gasteiger partial charge in [-0.15, -0.1) is 0 Å². The van der Waals surface area contributed by atoms with Crippen LogP contribution in [0, 0.1) is 0 Å². The topological polar surface area (TPSA) is 41.1 Å². The van der Waals surface area contributed by atoms with Crippen molar-refractivity contribution in [1.82, 2.24) is 10.6 Å². The van der Waals surface area contributed by atoms with Gasteiger partial charge in [0.05, 0.1) is 6.04 Å². The molecule has 0 aromatic heterocycles. The third-order valence-corrected chi connectivity index (χ3v) is 1.98. The summed E-state index contributed by atoms with van der Waals surface area (Å²) in [6.45, 7) is 2.09. The molecule has 90 valence electrons. The van der Waals surface area contributed by atoms with Crippen molar-refractivity contribution in [3.05, 3.63) is 0 Å². The second kappa shape index (κ2) is 6.66. The molecule has 0 saturated carbocycles. The molecule has 0 bridgehead atoms. The van der Waals surface area contributed by atoms with Gasteiger partial charge in [-0.25, -0.2) is 0 Å². The number of alkyl halides is 3. The van der Waals surface area contributed by atoms with Crippen molar-refractivity contribution in [2.45, 2.75) is 38.4 Å². The van der Waals surface area contributed by atoms with E-state index >= 15 is 0 Å². The second-order valence-electron chi connectivity index (χ2n) is 3.36. The zero-order chi connectivity index (χ0) is 11.9. The molecule has 0 spiro atoms. The van der Waals surface area contributed by atoms with Crippen LogP contribution in [0.25, 0.3) is 0 Å². The number of carbonyl (C=O) groups excluding carboxylic acids is 1. The third kappa shape index (κ3) is 8.23. The largest absolute Gasteiger partial charge is 0.389 e. The first-order valence-corrected chi connectivity index (χ1v) is 4.88. The van der Waals surface area contributed by atoms with Crippen LogP contribution in [0.2, 0.25) is 0 Å². The molecule has 0 rings (SSSR count). The van der Waals surface area contributed by atoms with E-state index in [-0.39, 0.29) is 18.4 Å². The molecule has 0 aromatic carbocycles. The molecule has 0 aromatic rings. The predicted octanol–water partition coefficient (Wildman–Crippen LogP) is 1.44. The summed E-state index contributed by atoms with van der Waals surface area (Å²) in [6.07, 6.45) is -4.33. The quantitative estimate of drug-likeness (QED) is 0.673. The number of amides is 1. The molecule has 0 aliphatic carbocycles. The number of halogens is 3. The average Bonchev–Trinajstić information content (AvgIpc) is 2.14. The highest BCUT2D eigenvalue weighted by Crippen LogP contribution is 2.21. The lowest BCUT2D eigenvalue weighted by molar-refractivity contribution is -0.135. The zero-order valence-electron chi connectivity index (χ0n) is 8.95. The molecule has 0 fully saturated rings. The summed E-state index contributed by atoms with van der Waals surface area (Å²) in [5, 5.41) is 5.29. The average molecular weight is 226 g/mol. The Morgan fingerprint density at radius 2 is 1.93 bits per heavy atom. The lowest BCUT2D eigenvalue weighted by Crippen LogP contribution is -2.40. The van der Waals surface area contributed by atoms with Crippen LogP contribution in [0.15, 0.2) is 0 Å². The number of carbonyl (C=O) groups is 1. The van der Waals surface area contributed by atoms with E-state index in [0.717, 1.165) is 0 Å². The lowest BCUT2D eigenvalue weighted by Gasteiger charge is -2.12. The molecule has 6 heteroatoms. The molecular formula is C9H17F3N2O. The van der Waals surface area contributed by atoms with Crippen molar-refractivity contribution < 1.29 is 18.0 Å². The van der Waals surface area contributed by atoms with E-state index in [1.807, 2.05) is 0 Å². The van der Waals surface area contributed by atoms with Crippen molar-refractivity contribution in [3.63, 3.8) is 0 Å². The van der Waals surface area contributed by atoms with Crippen LogP contribution in [0.1, 0.15) is 26.2 Å². The predicted molar refractivity (Wildman–Crippen MR) is 51.4 cm³/mol. The Labute approximate surface area is 87.4 Å². The smallest absolute Gasteiger partial charge is 0.358 e. The lowest BCUT2D eigenvalue weighted by atomic mass is 10.2. The maximum absolute atomic E-state index is 11.7. The number of hydrogen-bond donors (Lipinski definition) is 2. The van der Waals surface area contributed by atoms with Gasteiger partial charge in [0.25, 0.3) is 0 Å². The van der Waals surface area contributed by atoms with Gasteiger partial charge in [-0.3, -0.25) is 4.79 Å². The minimum atomic E-state index is -4.08. The number of unbranched alkanes of at least 4 members (excludes halogenated alkanes) is 1. The maximum Gasteiger partial charge on any atom is 0.389 e. The molecule has 15 heavy (non-hydrogen) atoms. The fourth-order valence-corrected chi connectivity index (χ4v) is 1.08. The minimum Gasteiger partial charge on any atom is -0.358 e. The highest BCUT2D eigenvalue weighted by atomic mass is 19.4. The summed E-state index contributed by atoms with van der Waals surface area (Å²) < 4.78 is 35.2. The Bertz CT molecular complexity index is 194. The molecule has 0 aliphatic rings.